The molecule has 4 aliphatic rings. The summed E-state index contributed by atoms with van der Waals surface area (Å²) in [4.78, 5) is 19.8. The van der Waals surface area contributed by atoms with Crippen molar-refractivity contribution in [1.82, 2.24) is 4.57 Å². The van der Waals surface area contributed by atoms with Crippen molar-refractivity contribution in [3.63, 3.8) is 0 Å². The summed E-state index contributed by atoms with van der Waals surface area (Å²) in [6.07, 6.45) is 7.11. The van der Waals surface area contributed by atoms with E-state index in [1.54, 1.807) is 23.5 Å². The maximum Gasteiger partial charge on any atom is 0.254 e. The minimum absolute atomic E-state index is 0.101. The van der Waals surface area contributed by atoms with Crippen LogP contribution in [0.1, 0.15) is 43.4 Å². The lowest BCUT2D eigenvalue weighted by atomic mass is 9.49. The average Bonchev–Trinajstić information content (AvgIpc) is 2.88. The van der Waals surface area contributed by atoms with Crippen molar-refractivity contribution in [1.29, 1.82) is 0 Å². The third kappa shape index (κ3) is 2.82. The van der Waals surface area contributed by atoms with E-state index < -0.39 is 0 Å². The van der Waals surface area contributed by atoms with Crippen LogP contribution in [0.4, 0.5) is 4.39 Å². The van der Waals surface area contributed by atoms with E-state index in [1.807, 2.05) is 18.5 Å². The van der Waals surface area contributed by atoms with E-state index in [-0.39, 0.29) is 17.1 Å². The zero-order valence-corrected chi connectivity index (χ0v) is 16.7. The van der Waals surface area contributed by atoms with Crippen molar-refractivity contribution in [3.05, 3.63) is 39.8 Å². The normalized spacial score (nSPS) is 32.3. The quantitative estimate of drug-likeness (QED) is 0.729. The fraction of sp³-hybridized carbons (Fsp3) is 0.545. The molecule has 0 aliphatic heterocycles. The molecule has 1 heterocycles. The van der Waals surface area contributed by atoms with E-state index in [0.29, 0.717) is 0 Å². The number of halogens is 1. The third-order valence-electron chi connectivity index (χ3n) is 7.01. The maximum absolute atomic E-state index is 13.3. The van der Waals surface area contributed by atoms with Crippen molar-refractivity contribution in [2.45, 2.75) is 45.4 Å². The van der Waals surface area contributed by atoms with E-state index in [4.69, 9.17) is 0 Å². The Morgan fingerprint density at radius 1 is 1.11 bits per heavy atom. The van der Waals surface area contributed by atoms with Crippen molar-refractivity contribution >= 4 is 17.2 Å². The number of thiazole rings is 1. The number of carbonyl (C=O) groups excluding carboxylic acids is 1. The lowest BCUT2D eigenvalue weighted by Crippen LogP contribution is -2.49. The Labute approximate surface area is 163 Å². The first kappa shape index (κ1) is 17.4. The molecule has 4 bridgehead atoms. The number of benzene rings is 1. The number of rotatable bonds is 2. The second-order valence-corrected chi connectivity index (χ2v) is 10.2. The van der Waals surface area contributed by atoms with Crippen LogP contribution in [0.2, 0.25) is 0 Å². The highest BCUT2D eigenvalue weighted by molar-refractivity contribution is 7.09. The molecule has 0 radical (unpaired) electrons. The number of aryl methyl sites for hydroxylation is 1. The van der Waals surface area contributed by atoms with Gasteiger partial charge in [-0.2, -0.15) is 4.99 Å². The number of aromatic nitrogens is 1. The monoisotopic (exact) mass is 384 g/mol. The van der Waals surface area contributed by atoms with Gasteiger partial charge in [-0.05, 0) is 93.0 Å². The van der Waals surface area contributed by atoms with Crippen LogP contribution in [0.5, 0.6) is 0 Å². The molecule has 0 atom stereocenters. The second-order valence-electron chi connectivity index (χ2n) is 8.97. The highest BCUT2D eigenvalue weighted by Gasteiger charge is 2.54. The van der Waals surface area contributed by atoms with Crippen LogP contribution in [0.15, 0.2) is 29.3 Å². The molecule has 6 rings (SSSR count). The van der Waals surface area contributed by atoms with Gasteiger partial charge in [0.15, 0.2) is 4.80 Å². The van der Waals surface area contributed by atoms with Gasteiger partial charge in [-0.25, -0.2) is 4.39 Å². The summed E-state index contributed by atoms with van der Waals surface area (Å²) >= 11 is 1.55. The van der Waals surface area contributed by atoms with Crippen LogP contribution < -0.4 is 4.80 Å². The van der Waals surface area contributed by atoms with Gasteiger partial charge in [0, 0.05) is 11.9 Å². The molecule has 27 heavy (non-hydrogen) atoms. The van der Waals surface area contributed by atoms with Gasteiger partial charge < -0.3 is 4.57 Å². The zero-order chi connectivity index (χ0) is 18.8. The number of hydrogen-bond donors (Lipinski definition) is 0. The van der Waals surface area contributed by atoms with Gasteiger partial charge in [0.1, 0.15) is 5.82 Å². The fourth-order valence-electron chi connectivity index (χ4n) is 6.27. The van der Waals surface area contributed by atoms with Crippen LogP contribution in [0.3, 0.4) is 0 Å². The Bertz CT molecular complexity index is 934. The second kappa shape index (κ2) is 6.13. The van der Waals surface area contributed by atoms with Gasteiger partial charge in [-0.1, -0.05) is 0 Å². The molecule has 3 nitrogen and oxygen atoms in total. The highest BCUT2D eigenvalue weighted by atomic mass is 32.1. The molecule has 1 aromatic carbocycles. The van der Waals surface area contributed by atoms with Gasteiger partial charge in [0.2, 0.25) is 0 Å². The van der Waals surface area contributed by atoms with E-state index in [9.17, 15) is 9.18 Å². The number of carbonyl (C=O) groups is 1. The molecule has 1 aromatic heterocycles. The molecule has 0 N–H and O–H groups in total. The predicted octanol–water partition coefficient (Wildman–Crippen LogP) is 4.84. The van der Waals surface area contributed by atoms with E-state index in [0.717, 1.165) is 58.0 Å². The Balaban J connectivity index is 1.52. The summed E-state index contributed by atoms with van der Waals surface area (Å²) < 4.78 is 15.3. The Morgan fingerprint density at radius 3 is 2.22 bits per heavy atom. The lowest BCUT2D eigenvalue weighted by molar-refractivity contribution is -0.142. The molecular weight excluding hydrogens is 359 g/mol. The van der Waals surface area contributed by atoms with Gasteiger partial charge in [0.25, 0.3) is 5.91 Å². The summed E-state index contributed by atoms with van der Waals surface area (Å²) in [5.74, 6) is 2.08. The third-order valence-corrected chi connectivity index (χ3v) is 8.05. The van der Waals surface area contributed by atoms with E-state index >= 15 is 0 Å². The average molecular weight is 385 g/mol. The van der Waals surface area contributed by atoms with Crippen LogP contribution >= 0.6 is 11.3 Å². The summed E-state index contributed by atoms with van der Waals surface area (Å²) in [5.41, 5.74) is 1.77. The minimum atomic E-state index is -0.240. The van der Waals surface area contributed by atoms with Gasteiger partial charge >= 0.3 is 0 Å². The predicted molar refractivity (Wildman–Crippen MR) is 105 cm³/mol. The van der Waals surface area contributed by atoms with Crippen molar-refractivity contribution in [2.24, 2.45) is 35.2 Å². The largest absolute Gasteiger partial charge is 0.319 e. The molecule has 5 heteroatoms. The Hall–Kier alpha value is -1.75. The molecule has 4 saturated carbocycles. The first-order valence-electron chi connectivity index (χ1n) is 9.95. The maximum atomic E-state index is 13.3. The fourth-order valence-corrected chi connectivity index (χ4v) is 7.25. The van der Waals surface area contributed by atoms with Crippen LogP contribution in [0.25, 0.3) is 11.3 Å². The number of amides is 1. The van der Waals surface area contributed by atoms with Gasteiger partial charge in [0.05, 0.1) is 11.1 Å². The van der Waals surface area contributed by atoms with Crippen LogP contribution in [-0.4, -0.2) is 10.5 Å². The highest BCUT2D eigenvalue weighted by Crippen LogP contribution is 2.60. The van der Waals surface area contributed by atoms with Gasteiger partial charge in [-0.3, -0.25) is 4.79 Å². The Kier molecular flexibility index (Phi) is 3.94. The summed E-state index contributed by atoms with van der Waals surface area (Å²) in [7, 11) is 1.95. The standard InChI is InChI=1S/C22H25FN2OS/c1-13-19(17-3-5-18(23)6-4-17)25(2)21(27-13)24-20(26)22-10-14-7-15(11-22)9-16(8-14)12-22/h3-6,14-16H,7-12H2,1-2H3. The smallest absolute Gasteiger partial charge is 0.254 e. The van der Waals surface area contributed by atoms with Gasteiger partial charge in [-0.15, -0.1) is 11.3 Å². The van der Waals surface area contributed by atoms with Crippen LogP contribution in [0, 0.1) is 35.9 Å². The number of hydrogen-bond acceptors (Lipinski definition) is 2. The molecular formula is C22H25FN2OS. The summed E-state index contributed by atoms with van der Waals surface area (Å²) in [6.45, 7) is 2.04. The van der Waals surface area contributed by atoms with Crippen LogP contribution in [-0.2, 0) is 11.8 Å². The van der Waals surface area contributed by atoms with Crippen molar-refractivity contribution in [3.8, 4) is 11.3 Å². The molecule has 1 amide bonds. The zero-order valence-electron chi connectivity index (χ0n) is 15.9. The molecule has 142 valence electrons. The SMILES string of the molecule is Cc1sc(=NC(=O)C23CC4CC(CC(C4)C2)C3)n(C)c1-c1ccc(F)cc1. The van der Waals surface area contributed by atoms with E-state index in [1.165, 1.54) is 31.4 Å². The topological polar surface area (TPSA) is 34.4 Å². The molecule has 0 spiro atoms. The number of nitrogens with zero attached hydrogens (tertiary/aromatic N) is 2. The minimum Gasteiger partial charge on any atom is -0.319 e. The summed E-state index contributed by atoms with van der Waals surface area (Å²) in [6, 6.07) is 6.53. The first-order chi connectivity index (χ1) is 12.9. The first-order valence-corrected chi connectivity index (χ1v) is 10.8. The molecule has 2 aromatic rings. The molecule has 0 unspecified atom stereocenters. The lowest BCUT2D eigenvalue weighted by Gasteiger charge is -2.55. The van der Waals surface area contributed by atoms with Crippen molar-refractivity contribution in [2.75, 3.05) is 0 Å². The van der Waals surface area contributed by atoms with E-state index in [2.05, 4.69) is 4.99 Å². The van der Waals surface area contributed by atoms with Crippen molar-refractivity contribution < 1.29 is 9.18 Å². The molecule has 4 aliphatic carbocycles. The summed E-state index contributed by atoms with van der Waals surface area (Å²) in [5, 5.41) is 0. The molecule has 4 fully saturated rings. The molecule has 0 saturated heterocycles. The Morgan fingerprint density at radius 2 is 1.67 bits per heavy atom.